The number of rotatable bonds is 6. The molecular formula is C9H21N3. The molecule has 0 fully saturated rings. The first-order valence-corrected chi connectivity index (χ1v) is 4.64. The zero-order chi connectivity index (χ0) is 9.40. The minimum absolute atomic E-state index is 0.912. The lowest BCUT2D eigenvalue weighted by Gasteiger charge is -2.15. The quantitative estimate of drug-likeness (QED) is 0.469. The molecular weight excluding hydrogens is 150 g/mol. The molecule has 0 unspecified atom stereocenters. The van der Waals surface area contributed by atoms with Crippen LogP contribution in [0.1, 0.15) is 33.1 Å². The third-order valence-electron chi connectivity index (χ3n) is 1.64. The lowest BCUT2D eigenvalue weighted by atomic mass is 10.2. The molecule has 0 spiro atoms. The SMILES string of the molecule is CCC/C(=C/N(N)CCC)NC. The van der Waals surface area contributed by atoms with Gasteiger partial charge in [0.2, 0.25) is 0 Å². The zero-order valence-electron chi connectivity index (χ0n) is 8.43. The van der Waals surface area contributed by atoms with Crippen molar-refractivity contribution < 1.29 is 0 Å². The van der Waals surface area contributed by atoms with Gasteiger partial charge in [0, 0.05) is 25.5 Å². The summed E-state index contributed by atoms with van der Waals surface area (Å²) < 4.78 is 0. The van der Waals surface area contributed by atoms with E-state index in [0.717, 1.165) is 25.8 Å². The average Bonchev–Trinajstić information content (AvgIpc) is 2.04. The Balaban J connectivity index is 3.88. The lowest BCUT2D eigenvalue weighted by Crippen LogP contribution is -2.27. The summed E-state index contributed by atoms with van der Waals surface area (Å²) in [6.45, 7) is 5.19. The van der Waals surface area contributed by atoms with Crippen LogP contribution >= 0.6 is 0 Å². The maximum Gasteiger partial charge on any atom is 0.0344 e. The van der Waals surface area contributed by atoms with Crippen molar-refractivity contribution in [2.75, 3.05) is 13.6 Å². The Hall–Kier alpha value is -0.700. The summed E-state index contributed by atoms with van der Waals surface area (Å²) in [4.78, 5) is 0. The molecule has 0 aliphatic rings. The Morgan fingerprint density at radius 2 is 2.08 bits per heavy atom. The van der Waals surface area contributed by atoms with Crippen LogP contribution in [0.15, 0.2) is 11.9 Å². The first kappa shape index (κ1) is 11.3. The normalized spacial score (nSPS) is 11.5. The molecule has 0 aliphatic carbocycles. The van der Waals surface area contributed by atoms with E-state index in [1.54, 1.807) is 5.01 Å². The fraction of sp³-hybridized carbons (Fsp3) is 0.778. The summed E-state index contributed by atoms with van der Waals surface area (Å²) in [5.74, 6) is 5.71. The molecule has 72 valence electrons. The number of hydrazine groups is 1. The maximum atomic E-state index is 5.71. The Labute approximate surface area is 75.6 Å². The van der Waals surface area contributed by atoms with Crippen molar-refractivity contribution in [2.45, 2.75) is 33.1 Å². The Kier molecular flexibility index (Phi) is 6.57. The highest BCUT2D eigenvalue weighted by molar-refractivity contribution is 4.96. The Bertz CT molecular complexity index is 132. The Morgan fingerprint density at radius 3 is 2.50 bits per heavy atom. The van der Waals surface area contributed by atoms with Gasteiger partial charge in [-0.3, -0.25) is 0 Å². The van der Waals surface area contributed by atoms with Gasteiger partial charge < -0.3 is 10.3 Å². The van der Waals surface area contributed by atoms with E-state index in [-0.39, 0.29) is 0 Å². The molecule has 0 aromatic carbocycles. The van der Waals surface area contributed by atoms with E-state index in [0.29, 0.717) is 0 Å². The molecule has 0 amide bonds. The van der Waals surface area contributed by atoms with Crippen LogP contribution in [0.4, 0.5) is 0 Å². The van der Waals surface area contributed by atoms with Crippen LogP contribution in [-0.4, -0.2) is 18.6 Å². The summed E-state index contributed by atoms with van der Waals surface area (Å²) in [6.07, 6.45) is 5.27. The largest absolute Gasteiger partial charge is 0.390 e. The van der Waals surface area contributed by atoms with Gasteiger partial charge in [-0.1, -0.05) is 20.3 Å². The van der Waals surface area contributed by atoms with E-state index in [9.17, 15) is 0 Å². The molecule has 0 rings (SSSR count). The predicted molar refractivity (Wildman–Crippen MR) is 53.2 cm³/mol. The second-order valence-electron chi connectivity index (χ2n) is 2.89. The van der Waals surface area contributed by atoms with Crippen molar-refractivity contribution in [1.29, 1.82) is 0 Å². The first-order valence-electron chi connectivity index (χ1n) is 4.64. The number of nitrogens with zero attached hydrogens (tertiary/aromatic N) is 1. The molecule has 3 N–H and O–H groups in total. The second kappa shape index (κ2) is 6.98. The van der Waals surface area contributed by atoms with Gasteiger partial charge in [0.15, 0.2) is 0 Å². The van der Waals surface area contributed by atoms with Crippen LogP contribution in [0.25, 0.3) is 0 Å². The third-order valence-corrected chi connectivity index (χ3v) is 1.64. The minimum Gasteiger partial charge on any atom is -0.390 e. The van der Waals surface area contributed by atoms with Crippen LogP contribution < -0.4 is 11.2 Å². The summed E-state index contributed by atoms with van der Waals surface area (Å²) in [5, 5.41) is 4.87. The lowest BCUT2D eigenvalue weighted by molar-refractivity contribution is 0.386. The van der Waals surface area contributed by atoms with Gasteiger partial charge in [-0.2, -0.15) is 0 Å². The smallest absolute Gasteiger partial charge is 0.0344 e. The van der Waals surface area contributed by atoms with Gasteiger partial charge in [0.25, 0.3) is 0 Å². The van der Waals surface area contributed by atoms with E-state index in [1.807, 2.05) is 13.2 Å². The predicted octanol–water partition coefficient (Wildman–Crippen LogP) is 1.43. The fourth-order valence-electron chi connectivity index (χ4n) is 1.05. The molecule has 3 nitrogen and oxygen atoms in total. The van der Waals surface area contributed by atoms with Crippen molar-refractivity contribution in [3.05, 3.63) is 11.9 Å². The van der Waals surface area contributed by atoms with Crippen molar-refractivity contribution in [3.8, 4) is 0 Å². The topological polar surface area (TPSA) is 41.3 Å². The van der Waals surface area contributed by atoms with Crippen molar-refractivity contribution >= 4 is 0 Å². The van der Waals surface area contributed by atoms with E-state index in [2.05, 4.69) is 19.2 Å². The molecule has 12 heavy (non-hydrogen) atoms. The number of nitrogens with two attached hydrogens (primary N) is 1. The van der Waals surface area contributed by atoms with E-state index < -0.39 is 0 Å². The zero-order valence-corrected chi connectivity index (χ0v) is 8.43. The van der Waals surface area contributed by atoms with Crippen LogP contribution in [0.2, 0.25) is 0 Å². The summed E-state index contributed by atoms with van der Waals surface area (Å²) >= 11 is 0. The highest BCUT2D eigenvalue weighted by atomic mass is 15.4. The molecule has 0 saturated carbocycles. The summed E-state index contributed by atoms with van der Waals surface area (Å²) in [6, 6.07) is 0. The summed E-state index contributed by atoms with van der Waals surface area (Å²) in [7, 11) is 1.93. The van der Waals surface area contributed by atoms with Crippen LogP contribution in [-0.2, 0) is 0 Å². The molecule has 0 atom stereocenters. The molecule has 0 saturated heterocycles. The maximum absolute atomic E-state index is 5.71. The van der Waals surface area contributed by atoms with Crippen molar-refractivity contribution in [3.63, 3.8) is 0 Å². The third kappa shape index (κ3) is 5.02. The van der Waals surface area contributed by atoms with E-state index in [1.165, 1.54) is 5.70 Å². The van der Waals surface area contributed by atoms with Gasteiger partial charge in [-0.25, -0.2) is 5.84 Å². The van der Waals surface area contributed by atoms with Crippen LogP contribution in [0, 0.1) is 0 Å². The van der Waals surface area contributed by atoms with Gasteiger partial charge in [0.05, 0.1) is 0 Å². The second-order valence-corrected chi connectivity index (χ2v) is 2.89. The number of nitrogens with one attached hydrogen (secondary N) is 1. The minimum atomic E-state index is 0.912. The molecule has 0 bridgehead atoms. The van der Waals surface area contributed by atoms with Gasteiger partial charge in [-0.15, -0.1) is 0 Å². The van der Waals surface area contributed by atoms with Crippen molar-refractivity contribution in [1.82, 2.24) is 10.3 Å². The molecule has 0 radical (unpaired) electrons. The first-order chi connectivity index (χ1) is 5.74. The monoisotopic (exact) mass is 171 g/mol. The average molecular weight is 171 g/mol. The van der Waals surface area contributed by atoms with Gasteiger partial charge in [0.1, 0.15) is 0 Å². The Morgan fingerprint density at radius 1 is 1.42 bits per heavy atom. The molecule has 0 heterocycles. The molecule has 3 heteroatoms. The van der Waals surface area contributed by atoms with E-state index >= 15 is 0 Å². The molecule has 0 aliphatic heterocycles. The standard InChI is InChI=1S/C9H21N3/c1-4-6-9(11-3)8-12(10)7-5-2/h8,11H,4-7,10H2,1-3H3/b9-8-. The fourth-order valence-corrected chi connectivity index (χ4v) is 1.05. The molecule has 0 aromatic rings. The van der Waals surface area contributed by atoms with Crippen LogP contribution in [0.3, 0.4) is 0 Å². The molecule has 0 aromatic heterocycles. The number of hydrogen-bond donors (Lipinski definition) is 2. The van der Waals surface area contributed by atoms with Crippen LogP contribution in [0.5, 0.6) is 0 Å². The van der Waals surface area contributed by atoms with Gasteiger partial charge >= 0.3 is 0 Å². The highest BCUT2D eigenvalue weighted by Gasteiger charge is 1.94. The van der Waals surface area contributed by atoms with E-state index in [4.69, 9.17) is 5.84 Å². The van der Waals surface area contributed by atoms with Crippen molar-refractivity contribution in [2.24, 2.45) is 5.84 Å². The highest BCUT2D eigenvalue weighted by Crippen LogP contribution is 2.00. The number of allylic oxidation sites excluding steroid dienone is 1. The number of hydrogen-bond acceptors (Lipinski definition) is 3. The van der Waals surface area contributed by atoms with Gasteiger partial charge in [-0.05, 0) is 12.8 Å². The summed E-state index contributed by atoms with van der Waals surface area (Å²) in [5.41, 5.74) is 1.20.